The van der Waals surface area contributed by atoms with Gasteiger partial charge in [0, 0.05) is 12.8 Å². The van der Waals surface area contributed by atoms with Gasteiger partial charge in [-0.15, -0.1) is 44.2 Å². The molecule has 40 heavy (non-hydrogen) atoms. The van der Waals surface area contributed by atoms with Crippen LogP contribution in [0.25, 0.3) is 0 Å². The van der Waals surface area contributed by atoms with Gasteiger partial charge in [-0.3, -0.25) is 10.9 Å². The van der Waals surface area contributed by atoms with Crippen molar-refractivity contribution in [2.75, 3.05) is 20.5 Å². The number of para-hydroxylation sites is 4. The van der Waals surface area contributed by atoms with Crippen molar-refractivity contribution in [3.05, 3.63) is 121 Å². The van der Waals surface area contributed by atoms with Gasteiger partial charge in [-0.05, 0) is 61.4 Å². The molecule has 2 heterocycles. The Labute approximate surface area is 256 Å². The van der Waals surface area contributed by atoms with Gasteiger partial charge in [0.2, 0.25) is 0 Å². The minimum atomic E-state index is 0. The number of unbranched alkanes of at least 4 members (excludes halogenated alkanes) is 1. The van der Waals surface area contributed by atoms with Gasteiger partial charge in [0.25, 0.3) is 0 Å². The number of hydrogen-bond donors (Lipinski definition) is 2. The maximum Gasteiger partial charge on any atom is 0.145 e. The van der Waals surface area contributed by atoms with E-state index in [0.29, 0.717) is 0 Å². The first-order chi connectivity index (χ1) is 18.8. The van der Waals surface area contributed by atoms with E-state index in [-0.39, 0.29) is 34.0 Å². The first-order valence-corrected chi connectivity index (χ1v) is 12.9. The molecule has 0 spiro atoms. The van der Waals surface area contributed by atoms with E-state index in [2.05, 4.69) is 59.4 Å². The van der Waals surface area contributed by atoms with Crippen molar-refractivity contribution in [2.45, 2.75) is 25.7 Å². The van der Waals surface area contributed by atoms with E-state index in [1.807, 2.05) is 93.3 Å². The summed E-state index contributed by atoms with van der Waals surface area (Å²) >= 11 is 0. The van der Waals surface area contributed by atoms with E-state index in [0.717, 1.165) is 60.1 Å². The summed E-state index contributed by atoms with van der Waals surface area (Å²) in [6, 6.07) is 40.8. The molecule has 8 nitrogen and oxygen atoms in total. The zero-order chi connectivity index (χ0) is 25.6. The van der Waals surface area contributed by atoms with E-state index in [4.69, 9.17) is 10.2 Å². The molecule has 0 aromatic heterocycles. The summed E-state index contributed by atoms with van der Waals surface area (Å²) in [5.41, 5.74) is 11.0. The number of amidine groups is 2. The van der Waals surface area contributed by atoms with Crippen LogP contribution in [0.4, 0.5) is 22.7 Å². The molecule has 0 amide bonds. The number of nitrogens with zero attached hydrogens (tertiary/aromatic N) is 6. The molecule has 0 saturated heterocycles. The standard InChI is InChI=1S/C30H30N8.2BrH/c1-5-15-25(16-6-1)35-31-29(32-36(35)26-17-7-2-8-18-26)23-13-14-24-30-33-37(27-19-9-3-10-20-27)38(34-30)28-21-11-4-12-22-28;;/h1-12,15-22H,13-14,23-24H2,(H,31,32)(H,33,34);2*1H. The minimum absolute atomic E-state index is 0. The third-order valence-corrected chi connectivity index (χ3v) is 6.33. The number of hydrazone groups is 2. The number of nitrogens with one attached hydrogen (secondary N) is 2. The zero-order valence-corrected chi connectivity index (χ0v) is 25.3. The maximum atomic E-state index is 4.89. The summed E-state index contributed by atoms with van der Waals surface area (Å²) in [4.78, 5) is 0. The molecule has 2 aliphatic rings. The molecule has 0 aliphatic carbocycles. The monoisotopic (exact) mass is 662 g/mol. The first-order valence-electron chi connectivity index (χ1n) is 12.9. The van der Waals surface area contributed by atoms with E-state index >= 15 is 0 Å². The van der Waals surface area contributed by atoms with E-state index in [9.17, 15) is 0 Å². The Morgan fingerprint density at radius 1 is 0.425 bits per heavy atom. The van der Waals surface area contributed by atoms with Crippen LogP contribution >= 0.6 is 34.0 Å². The molecular weight excluding hydrogens is 632 g/mol. The topological polar surface area (TPSA) is 61.7 Å². The predicted octanol–water partition coefficient (Wildman–Crippen LogP) is 7.22. The second-order valence-corrected chi connectivity index (χ2v) is 9.07. The third kappa shape index (κ3) is 6.57. The SMILES string of the molecule is Br.Br.c1ccc(N2N=C(CCCCC3=NN(c4ccccc4)N(c4ccccc4)N3)NN2c2ccccc2)cc1. The fourth-order valence-corrected chi connectivity index (χ4v) is 4.45. The van der Waals surface area contributed by atoms with Crippen LogP contribution in [-0.2, 0) is 0 Å². The quantitative estimate of drug-likeness (QED) is 0.184. The van der Waals surface area contributed by atoms with Crippen LogP contribution in [0.2, 0.25) is 0 Å². The van der Waals surface area contributed by atoms with Gasteiger partial charge in [-0.2, -0.15) is 20.5 Å². The minimum Gasteiger partial charge on any atom is -0.263 e. The number of hydrogen-bond acceptors (Lipinski definition) is 8. The Morgan fingerprint density at radius 3 is 1.05 bits per heavy atom. The van der Waals surface area contributed by atoms with Crippen molar-refractivity contribution < 1.29 is 0 Å². The van der Waals surface area contributed by atoms with E-state index in [1.54, 1.807) is 0 Å². The molecule has 0 saturated carbocycles. The Kier molecular flexibility index (Phi) is 10.0. The molecule has 2 aliphatic heterocycles. The molecule has 2 N–H and O–H groups in total. The highest BCUT2D eigenvalue weighted by atomic mass is 79.9. The highest BCUT2D eigenvalue weighted by molar-refractivity contribution is 8.93. The number of hydrazine groups is 4. The van der Waals surface area contributed by atoms with Crippen LogP contribution in [0, 0.1) is 0 Å². The van der Waals surface area contributed by atoms with Crippen LogP contribution in [0.3, 0.4) is 0 Å². The fourth-order valence-electron chi connectivity index (χ4n) is 4.45. The average molecular weight is 664 g/mol. The molecule has 0 unspecified atom stereocenters. The van der Waals surface area contributed by atoms with Crippen molar-refractivity contribution in [3.8, 4) is 0 Å². The lowest BCUT2D eigenvalue weighted by Gasteiger charge is -2.27. The molecule has 4 aromatic carbocycles. The lowest BCUT2D eigenvalue weighted by molar-refractivity contribution is 0.743. The van der Waals surface area contributed by atoms with Gasteiger partial charge in [-0.1, -0.05) is 72.8 Å². The normalized spacial score (nSPS) is 14.0. The van der Waals surface area contributed by atoms with Crippen molar-refractivity contribution in [2.24, 2.45) is 10.2 Å². The molecule has 4 aromatic rings. The Balaban J connectivity index is 0.00000185. The van der Waals surface area contributed by atoms with E-state index < -0.39 is 0 Å². The van der Waals surface area contributed by atoms with Gasteiger partial charge < -0.3 is 0 Å². The first kappa shape index (κ1) is 29.0. The van der Waals surface area contributed by atoms with Gasteiger partial charge in [-0.25, -0.2) is 0 Å². The number of halogens is 2. The summed E-state index contributed by atoms with van der Waals surface area (Å²) in [5.74, 6) is 1.88. The summed E-state index contributed by atoms with van der Waals surface area (Å²) < 4.78 is 0. The van der Waals surface area contributed by atoms with Crippen molar-refractivity contribution in [1.82, 2.24) is 10.9 Å². The summed E-state index contributed by atoms with van der Waals surface area (Å²) in [7, 11) is 0. The highest BCUT2D eigenvalue weighted by Gasteiger charge is 2.26. The van der Waals surface area contributed by atoms with Crippen LogP contribution in [0.15, 0.2) is 132 Å². The summed E-state index contributed by atoms with van der Waals surface area (Å²) in [6.07, 6.45) is 3.64. The zero-order valence-electron chi connectivity index (χ0n) is 21.9. The molecule has 0 fully saturated rings. The Hall–Kier alpha value is -4.02. The van der Waals surface area contributed by atoms with Crippen LogP contribution < -0.4 is 31.3 Å². The molecule has 206 valence electrons. The van der Waals surface area contributed by atoms with Crippen LogP contribution in [0.1, 0.15) is 25.7 Å². The van der Waals surface area contributed by atoms with Crippen molar-refractivity contribution in [1.29, 1.82) is 0 Å². The Morgan fingerprint density at radius 2 is 0.725 bits per heavy atom. The van der Waals surface area contributed by atoms with Crippen molar-refractivity contribution >= 4 is 68.4 Å². The number of rotatable bonds is 9. The number of benzene rings is 4. The smallest absolute Gasteiger partial charge is 0.145 e. The second kappa shape index (κ2) is 13.9. The second-order valence-electron chi connectivity index (χ2n) is 9.07. The maximum absolute atomic E-state index is 4.89. The lowest BCUT2D eigenvalue weighted by Crippen LogP contribution is -2.44. The predicted molar refractivity (Wildman–Crippen MR) is 176 cm³/mol. The van der Waals surface area contributed by atoms with Gasteiger partial charge in [0.15, 0.2) is 0 Å². The fraction of sp³-hybridized carbons (Fsp3) is 0.133. The number of anilines is 4. The lowest BCUT2D eigenvalue weighted by atomic mass is 10.2. The molecule has 10 heteroatoms. The summed E-state index contributed by atoms with van der Waals surface area (Å²) in [5, 5.41) is 17.6. The summed E-state index contributed by atoms with van der Waals surface area (Å²) in [6.45, 7) is 0. The largest absolute Gasteiger partial charge is 0.263 e. The highest BCUT2D eigenvalue weighted by Crippen LogP contribution is 2.27. The van der Waals surface area contributed by atoms with Crippen molar-refractivity contribution in [3.63, 3.8) is 0 Å². The average Bonchev–Trinajstić information content (AvgIpc) is 3.62. The van der Waals surface area contributed by atoms with Crippen LogP contribution in [-0.4, -0.2) is 11.7 Å². The molecular formula is C30H32Br2N8. The molecule has 6 rings (SSSR count). The molecule has 0 atom stereocenters. The molecule has 0 radical (unpaired) electrons. The Bertz CT molecular complexity index is 1280. The van der Waals surface area contributed by atoms with Crippen LogP contribution in [0.5, 0.6) is 0 Å². The van der Waals surface area contributed by atoms with E-state index in [1.165, 1.54) is 0 Å². The molecule has 0 bridgehead atoms. The van der Waals surface area contributed by atoms with Gasteiger partial charge >= 0.3 is 0 Å². The third-order valence-electron chi connectivity index (χ3n) is 6.33. The van der Waals surface area contributed by atoms with Gasteiger partial charge in [0.1, 0.15) is 11.7 Å². The van der Waals surface area contributed by atoms with Gasteiger partial charge in [0.05, 0.1) is 22.7 Å².